The number of benzene rings is 2. The second-order valence-electron chi connectivity index (χ2n) is 3.81. The standard InChI is InChI=1S/C14H11BrINO2/c1-19-11-5-6-13(15)12(8-11)14(18)17-10-4-2-3-9(16)7-10/h2-8H,1H3,(H,17,18). The number of hydrogen-bond donors (Lipinski definition) is 1. The highest BCUT2D eigenvalue weighted by Gasteiger charge is 2.11. The molecule has 0 bridgehead atoms. The van der Waals surface area contributed by atoms with E-state index in [4.69, 9.17) is 4.74 Å². The topological polar surface area (TPSA) is 38.3 Å². The minimum absolute atomic E-state index is 0.173. The summed E-state index contributed by atoms with van der Waals surface area (Å²) in [6, 6.07) is 12.9. The second kappa shape index (κ2) is 6.38. The number of ether oxygens (including phenoxy) is 1. The lowest BCUT2D eigenvalue weighted by atomic mass is 10.2. The average molecular weight is 432 g/mol. The fourth-order valence-electron chi connectivity index (χ4n) is 1.57. The zero-order valence-electron chi connectivity index (χ0n) is 10.1. The average Bonchev–Trinajstić information content (AvgIpc) is 2.39. The Bertz CT molecular complexity index is 616. The van der Waals surface area contributed by atoms with Gasteiger partial charge < -0.3 is 10.1 Å². The van der Waals surface area contributed by atoms with Crippen molar-refractivity contribution in [3.63, 3.8) is 0 Å². The van der Waals surface area contributed by atoms with Gasteiger partial charge in [0.05, 0.1) is 12.7 Å². The molecule has 0 spiro atoms. The van der Waals surface area contributed by atoms with Crippen LogP contribution in [-0.4, -0.2) is 13.0 Å². The summed E-state index contributed by atoms with van der Waals surface area (Å²) in [6.07, 6.45) is 0. The largest absolute Gasteiger partial charge is 0.497 e. The monoisotopic (exact) mass is 431 g/mol. The van der Waals surface area contributed by atoms with Crippen molar-refractivity contribution in [2.45, 2.75) is 0 Å². The minimum atomic E-state index is -0.173. The maximum absolute atomic E-state index is 12.2. The minimum Gasteiger partial charge on any atom is -0.497 e. The van der Waals surface area contributed by atoms with E-state index in [9.17, 15) is 4.79 Å². The molecule has 19 heavy (non-hydrogen) atoms. The molecule has 1 amide bonds. The molecule has 98 valence electrons. The van der Waals surface area contributed by atoms with Gasteiger partial charge in [-0.2, -0.15) is 0 Å². The second-order valence-corrected chi connectivity index (χ2v) is 5.91. The molecule has 2 aromatic rings. The number of carbonyl (C=O) groups excluding carboxylic acids is 1. The Morgan fingerprint density at radius 2 is 2.05 bits per heavy atom. The molecule has 1 N–H and O–H groups in total. The first kappa shape index (κ1) is 14.3. The van der Waals surface area contributed by atoms with Crippen LogP contribution in [0, 0.1) is 3.57 Å². The van der Waals surface area contributed by atoms with Gasteiger partial charge in [0.1, 0.15) is 5.75 Å². The number of anilines is 1. The van der Waals surface area contributed by atoms with Gasteiger partial charge >= 0.3 is 0 Å². The molecule has 0 aliphatic carbocycles. The van der Waals surface area contributed by atoms with Crippen molar-refractivity contribution in [3.05, 3.63) is 56.1 Å². The van der Waals surface area contributed by atoms with Gasteiger partial charge in [-0.25, -0.2) is 0 Å². The first-order valence-electron chi connectivity index (χ1n) is 5.50. The van der Waals surface area contributed by atoms with Gasteiger partial charge in [-0.3, -0.25) is 4.79 Å². The van der Waals surface area contributed by atoms with Crippen LogP contribution in [0.15, 0.2) is 46.9 Å². The summed E-state index contributed by atoms with van der Waals surface area (Å²) in [5, 5.41) is 2.86. The summed E-state index contributed by atoms with van der Waals surface area (Å²) in [5.41, 5.74) is 1.31. The highest BCUT2D eigenvalue weighted by atomic mass is 127. The molecular formula is C14H11BrINO2. The normalized spacial score (nSPS) is 10.1. The molecule has 3 nitrogen and oxygen atoms in total. The van der Waals surface area contributed by atoms with E-state index in [1.165, 1.54) is 0 Å². The lowest BCUT2D eigenvalue weighted by Crippen LogP contribution is -2.12. The van der Waals surface area contributed by atoms with Crippen molar-refractivity contribution in [1.82, 2.24) is 0 Å². The first-order chi connectivity index (χ1) is 9.10. The molecule has 0 aliphatic rings. The number of halogens is 2. The Morgan fingerprint density at radius 3 is 2.74 bits per heavy atom. The quantitative estimate of drug-likeness (QED) is 0.735. The SMILES string of the molecule is COc1ccc(Br)c(C(=O)Nc2cccc(I)c2)c1. The molecular weight excluding hydrogens is 421 g/mol. The molecule has 0 aromatic heterocycles. The van der Waals surface area contributed by atoms with E-state index in [1.54, 1.807) is 25.3 Å². The highest BCUT2D eigenvalue weighted by Crippen LogP contribution is 2.23. The van der Waals surface area contributed by atoms with E-state index in [1.807, 2.05) is 24.3 Å². The smallest absolute Gasteiger partial charge is 0.256 e. The van der Waals surface area contributed by atoms with E-state index in [-0.39, 0.29) is 5.91 Å². The summed E-state index contributed by atoms with van der Waals surface area (Å²) >= 11 is 5.57. The van der Waals surface area contributed by atoms with E-state index in [2.05, 4.69) is 43.8 Å². The fraction of sp³-hybridized carbons (Fsp3) is 0.0714. The van der Waals surface area contributed by atoms with Gasteiger partial charge in [0.2, 0.25) is 0 Å². The molecule has 0 heterocycles. The summed E-state index contributed by atoms with van der Waals surface area (Å²) in [7, 11) is 1.57. The Labute approximate surface area is 133 Å². The molecule has 0 atom stereocenters. The molecule has 2 rings (SSSR count). The van der Waals surface area contributed by atoms with E-state index in [0.29, 0.717) is 11.3 Å². The van der Waals surface area contributed by atoms with Crippen LogP contribution >= 0.6 is 38.5 Å². The predicted octanol–water partition coefficient (Wildman–Crippen LogP) is 4.31. The molecule has 0 saturated heterocycles. The Kier molecular flexibility index (Phi) is 4.81. The van der Waals surface area contributed by atoms with Crippen molar-refractivity contribution < 1.29 is 9.53 Å². The van der Waals surface area contributed by atoms with E-state index < -0.39 is 0 Å². The Hall–Kier alpha value is -1.08. The third kappa shape index (κ3) is 3.70. The molecule has 0 radical (unpaired) electrons. The molecule has 2 aromatic carbocycles. The zero-order valence-corrected chi connectivity index (χ0v) is 13.9. The van der Waals surface area contributed by atoms with Crippen molar-refractivity contribution in [1.29, 1.82) is 0 Å². The number of carbonyl (C=O) groups is 1. The Morgan fingerprint density at radius 1 is 1.26 bits per heavy atom. The highest BCUT2D eigenvalue weighted by molar-refractivity contribution is 14.1. The molecule has 5 heteroatoms. The number of hydrogen-bond acceptors (Lipinski definition) is 2. The summed E-state index contributed by atoms with van der Waals surface area (Å²) < 4.78 is 6.93. The van der Waals surface area contributed by atoms with Gasteiger partial charge in [-0.15, -0.1) is 0 Å². The van der Waals surface area contributed by atoms with Crippen LogP contribution in [0.3, 0.4) is 0 Å². The number of amides is 1. The van der Waals surface area contributed by atoms with Gasteiger partial charge in [0, 0.05) is 13.7 Å². The molecule has 0 saturated carbocycles. The van der Waals surface area contributed by atoms with Crippen molar-refractivity contribution in [3.8, 4) is 5.75 Å². The van der Waals surface area contributed by atoms with Gasteiger partial charge in [0.15, 0.2) is 0 Å². The van der Waals surface area contributed by atoms with Crippen LogP contribution in [0.25, 0.3) is 0 Å². The van der Waals surface area contributed by atoms with Crippen molar-refractivity contribution in [2.75, 3.05) is 12.4 Å². The predicted molar refractivity (Wildman–Crippen MR) is 87.8 cm³/mol. The molecule has 0 unspecified atom stereocenters. The lowest BCUT2D eigenvalue weighted by Gasteiger charge is -2.09. The van der Waals surface area contributed by atoms with E-state index in [0.717, 1.165) is 13.7 Å². The zero-order chi connectivity index (χ0) is 13.8. The summed E-state index contributed by atoms with van der Waals surface area (Å²) in [6.45, 7) is 0. The molecule has 0 fully saturated rings. The van der Waals surface area contributed by atoms with Gasteiger partial charge in [-0.1, -0.05) is 6.07 Å². The van der Waals surface area contributed by atoms with Crippen LogP contribution in [0.2, 0.25) is 0 Å². The van der Waals surface area contributed by atoms with Gasteiger partial charge in [0.25, 0.3) is 5.91 Å². The third-order valence-corrected chi connectivity index (χ3v) is 3.86. The third-order valence-electron chi connectivity index (χ3n) is 2.50. The number of rotatable bonds is 3. The van der Waals surface area contributed by atoms with Crippen LogP contribution < -0.4 is 10.1 Å². The van der Waals surface area contributed by atoms with Crippen LogP contribution in [-0.2, 0) is 0 Å². The van der Waals surface area contributed by atoms with Gasteiger partial charge in [-0.05, 0) is 74.9 Å². The number of methoxy groups -OCH3 is 1. The summed E-state index contributed by atoms with van der Waals surface area (Å²) in [4.78, 5) is 12.2. The van der Waals surface area contributed by atoms with Crippen LogP contribution in [0.5, 0.6) is 5.75 Å². The number of nitrogens with one attached hydrogen (secondary N) is 1. The van der Waals surface area contributed by atoms with E-state index >= 15 is 0 Å². The lowest BCUT2D eigenvalue weighted by molar-refractivity contribution is 0.102. The Balaban J connectivity index is 2.25. The summed E-state index contributed by atoms with van der Waals surface area (Å²) in [5.74, 6) is 0.476. The van der Waals surface area contributed by atoms with Crippen LogP contribution in [0.1, 0.15) is 10.4 Å². The van der Waals surface area contributed by atoms with Crippen molar-refractivity contribution >= 4 is 50.1 Å². The van der Waals surface area contributed by atoms with Crippen molar-refractivity contribution in [2.24, 2.45) is 0 Å². The fourth-order valence-corrected chi connectivity index (χ4v) is 2.54. The maximum Gasteiger partial charge on any atom is 0.256 e. The van der Waals surface area contributed by atoms with Crippen LogP contribution in [0.4, 0.5) is 5.69 Å². The molecule has 0 aliphatic heterocycles. The maximum atomic E-state index is 12.2. The first-order valence-corrected chi connectivity index (χ1v) is 7.38.